The minimum absolute atomic E-state index is 0.213. The Hall–Kier alpha value is -0.910. The van der Waals surface area contributed by atoms with Crippen molar-refractivity contribution in [1.29, 1.82) is 0 Å². The van der Waals surface area contributed by atoms with Gasteiger partial charge in [-0.3, -0.25) is 4.68 Å². The molecule has 1 aromatic heterocycles. The zero-order valence-corrected chi connectivity index (χ0v) is 9.24. The summed E-state index contributed by atoms with van der Waals surface area (Å²) >= 11 is 0. The third-order valence-electron chi connectivity index (χ3n) is 2.01. The van der Waals surface area contributed by atoms with E-state index < -0.39 is 9.84 Å². The Labute approximate surface area is 84.0 Å². The van der Waals surface area contributed by atoms with Crippen molar-refractivity contribution in [3.63, 3.8) is 0 Å². The molecule has 1 rings (SSSR count). The summed E-state index contributed by atoms with van der Waals surface area (Å²) < 4.78 is 24.5. The normalized spacial score (nSPS) is 12.2. The molecule has 0 unspecified atom stereocenters. The van der Waals surface area contributed by atoms with Gasteiger partial charge >= 0.3 is 0 Å². The molecule has 0 aliphatic rings. The Morgan fingerprint density at radius 3 is 2.64 bits per heavy atom. The van der Waals surface area contributed by atoms with Gasteiger partial charge in [0.2, 0.25) is 0 Å². The van der Waals surface area contributed by atoms with Crippen molar-refractivity contribution < 1.29 is 8.42 Å². The second kappa shape index (κ2) is 4.54. The Balaban J connectivity index is 2.36. The van der Waals surface area contributed by atoms with Gasteiger partial charge in [-0.05, 0) is 20.3 Å². The van der Waals surface area contributed by atoms with Crippen LogP contribution in [-0.4, -0.2) is 34.4 Å². The summed E-state index contributed by atoms with van der Waals surface area (Å²) in [5.74, 6) is 0.213. The van der Waals surface area contributed by atoms with Crippen molar-refractivity contribution in [2.75, 3.05) is 5.75 Å². The van der Waals surface area contributed by atoms with Gasteiger partial charge in [0, 0.05) is 12.7 Å². The summed E-state index contributed by atoms with van der Waals surface area (Å²) in [6.45, 7) is 4.00. The molecule has 0 atom stereocenters. The van der Waals surface area contributed by atoms with Crippen LogP contribution < -0.4 is 0 Å². The lowest BCUT2D eigenvalue weighted by atomic mass is 10.5. The van der Waals surface area contributed by atoms with Gasteiger partial charge in [0.15, 0.2) is 9.84 Å². The number of hydrogen-bond acceptors (Lipinski definition) is 4. The minimum Gasteiger partial charge on any atom is -0.253 e. The molecular formula is C8H15N3O2S. The minimum atomic E-state index is -2.91. The number of nitrogens with zero attached hydrogens (tertiary/aromatic N) is 3. The van der Waals surface area contributed by atoms with Crippen LogP contribution in [0, 0.1) is 0 Å². The molecule has 0 saturated carbocycles. The van der Waals surface area contributed by atoms with Crippen LogP contribution in [0.3, 0.4) is 0 Å². The first-order chi connectivity index (χ1) is 6.52. The molecule has 5 nitrogen and oxygen atoms in total. The van der Waals surface area contributed by atoms with E-state index in [9.17, 15) is 8.42 Å². The molecule has 0 N–H and O–H groups in total. The van der Waals surface area contributed by atoms with Crippen LogP contribution in [-0.2, 0) is 16.4 Å². The average Bonchev–Trinajstić information content (AvgIpc) is 2.56. The number of aromatic nitrogens is 3. The summed E-state index contributed by atoms with van der Waals surface area (Å²) in [6.07, 6.45) is 3.89. The second-order valence-corrected chi connectivity index (χ2v) is 6.11. The van der Waals surface area contributed by atoms with Crippen LogP contribution in [0.5, 0.6) is 0 Å². The summed E-state index contributed by atoms with van der Waals surface area (Å²) in [6, 6.07) is 0. The molecule has 0 radical (unpaired) electrons. The quantitative estimate of drug-likeness (QED) is 0.720. The Morgan fingerprint density at radius 2 is 2.14 bits per heavy atom. The SMILES string of the molecule is CC(C)S(=O)(=O)CCCn1ccnn1. The fraction of sp³-hybridized carbons (Fsp3) is 0.750. The molecule has 6 heteroatoms. The zero-order chi connectivity index (χ0) is 10.6. The van der Waals surface area contributed by atoms with Crippen molar-refractivity contribution in [2.24, 2.45) is 0 Å². The standard InChI is InChI=1S/C8H15N3O2S/c1-8(2)14(12,13)7-3-5-11-6-4-9-10-11/h4,6,8H,3,5,7H2,1-2H3. The van der Waals surface area contributed by atoms with Crippen LogP contribution in [0.2, 0.25) is 0 Å². The molecule has 0 spiro atoms. The van der Waals surface area contributed by atoms with Gasteiger partial charge < -0.3 is 0 Å². The highest BCUT2D eigenvalue weighted by Gasteiger charge is 2.15. The lowest BCUT2D eigenvalue weighted by molar-refractivity contribution is 0.557. The maximum absolute atomic E-state index is 11.4. The van der Waals surface area contributed by atoms with Crippen LogP contribution in [0.15, 0.2) is 12.4 Å². The van der Waals surface area contributed by atoms with Crippen LogP contribution in [0.1, 0.15) is 20.3 Å². The monoisotopic (exact) mass is 217 g/mol. The first-order valence-corrected chi connectivity index (χ1v) is 6.29. The predicted molar refractivity (Wildman–Crippen MR) is 53.6 cm³/mol. The summed E-state index contributed by atoms with van der Waals surface area (Å²) in [5.41, 5.74) is 0. The van der Waals surface area contributed by atoms with Crippen molar-refractivity contribution in [3.05, 3.63) is 12.4 Å². The number of sulfone groups is 1. The number of rotatable bonds is 5. The smallest absolute Gasteiger partial charge is 0.152 e. The van der Waals surface area contributed by atoms with Gasteiger partial charge in [-0.2, -0.15) is 0 Å². The molecule has 0 fully saturated rings. The molecule has 1 heterocycles. The highest BCUT2D eigenvalue weighted by Crippen LogP contribution is 2.03. The van der Waals surface area contributed by atoms with Crippen LogP contribution >= 0.6 is 0 Å². The van der Waals surface area contributed by atoms with Crippen molar-refractivity contribution in [1.82, 2.24) is 15.0 Å². The third kappa shape index (κ3) is 3.10. The van der Waals surface area contributed by atoms with E-state index in [0.29, 0.717) is 13.0 Å². The lowest BCUT2D eigenvalue weighted by Gasteiger charge is -2.06. The van der Waals surface area contributed by atoms with Crippen molar-refractivity contribution >= 4 is 9.84 Å². The molecule has 0 aliphatic heterocycles. The lowest BCUT2D eigenvalue weighted by Crippen LogP contribution is -2.18. The van der Waals surface area contributed by atoms with E-state index in [2.05, 4.69) is 10.3 Å². The number of hydrogen-bond donors (Lipinski definition) is 0. The molecule has 0 amide bonds. The van der Waals surface area contributed by atoms with E-state index in [1.807, 2.05) is 0 Å². The van der Waals surface area contributed by atoms with Crippen molar-refractivity contribution in [3.8, 4) is 0 Å². The fourth-order valence-electron chi connectivity index (χ4n) is 1.02. The highest BCUT2D eigenvalue weighted by molar-refractivity contribution is 7.91. The van der Waals surface area contributed by atoms with E-state index in [0.717, 1.165) is 0 Å². The van der Waals surface area contributed by atoms with E-state index in [-0.39, 0.29) is 11.0 Å². The number of aryl methyl sites for hydroxylation is 1. The molecule has 80 valence electrons. The first-order valence-electron chi connectivity index (χ1n) is 4.58. The second-order valence-electron chi connectivity index (χ2n) is 3.44. The molecule has 0 saturated heterocycles. The van der Waals surface area contributed by atoms with Crippen molar-refractivity contribution in [2.45, 2.75) is 32.1 Å². The molecule has 0 aliphatic carbocycles. The zero-order valence-electron chi connectivity index (χ0n) is 8.42. The molecule has 0 aromatic carbocycles. The Kier molecular flexibility index (Phi) is 3.62. The molecule has 14 heavy (non-hydrogen) atoms. The van der Waals surface area contributed by atoms with Crippen LogP contribution in [0.25, 0.3) is 0 Å². The van der Waals surface area contributed by atoms with Gasteiger partial charge in [0.05, 0.1) is 17.2 Å². The maximum Gasteiger partial charge on any atom is 0.152 e. The van der Waals surface area contributed by atoms with E-state index in [1.165, 1.54) is 0 Å². The van der Waals surface area contributed by atoms with Gasteiger partial charge in [0.25, 0.3) is 0 Å². The third-order valence-corrected chi connectivity index (χ3v) is 4.30. The van der Waals surface area contributed by atoms with Crippen LogP contribution in [0.4, 0.5) is 0 Å². The van der Waals surface area contributed by atoms with E-state index >= 15 is 0 Å². The van der Waals surface area contributed by atoms with Gasteiger partial charge in [0.1, 0.15) is 0 Å². The molecule has 0 bridgehead atoms. The largest absolute Gasteiger partial charge is 0.253 e. The van der Waals surface area contributed by atoms with E-state index in [1.54, 1.807) is 30.9 Å². The van der Waals surface area contributed by atoms with Gasteiger partial charge in [-0.15, -0.1) is 5.10 Å². The van der Waals surface area contributed by atoms with Gasteiger partial charge in [-0.1, -0.05) is 5.21 Å². The Bertz CT molecular complexity index is 356. The Morgan fingerprint density at radius 1 is 1.43 bits per heavy atom. The van der Waals surface area contributed by atoms with Gasteiger partial charge in [-0.25, -0.2) is 8.42 Å². The average molecular weight is 217 g/mol. The molecular weight excluding hydrogens is 202 g/mol. The first kappa shape index (κ1) is 11.2. The molecule has 1 aromatic rings. The summed E-state index contributed by atoms with van der Waals surface area (Å²) in [4.78, 5) is 0. The summed E-state index contributed by atoms with van der Waals surface area (Å²) in [5, 5.41) is 7.10. The predicted octanol–water partition coefficient (Wildman–Crippen LogP) is 0.491. The topological polar surface area (TPSA) is 64.8 Å². The fourth-order valence-corrected chi connectivity index (χ4v) is 2.02. The highest BCUT2D eigenvalue weighted by atomic mass is 32.2. The maximum atomic E-state index is 11.4. The summed E-state index contributed by atoms with van der Waals surface area (Å²) in [7, 11) is -2.91. The van der Waals surface area contributed by atoms with E-state index in [4.69, 9.17) is 0 Å².